The first kappa shape index (κ1) is 15.4. The molecule has 0 atom stereocenters. The molecule has 0 saturated heterocycles. The molecule has 2 aromatic rings. The Hall–Kier alpha value is -1.03. The molecule has 0 aliphatic rings. The van der Waals surface area contributed by atoms with E-state index in [4.69, 9.17) is 34.8 Å². The van der Waals surface area contributed by atoms with Crippen molar-refractivity contribution < 1.29 is 0 Å². The molecule has 0 radical (unpaired) electrons. The molecular weight excluding hydrogens is 317 g/mol. The summed E-state index contributed by atoms with van der Waals surface area (Å²) in [6, 6.07) is 5.35. The van der Waals surface area contributed by atoms with Gasteiger partial charge in [-0.25, -0.2) is 9.97 Å². The molecule has 0 aliphatic heterocycles. The van der Waals surface area contributed by atoms with Crippen LogP contribution in [0.5, 0.6) is 0 Å². The number of nitrogens with zero attached hydrogens (tertiary/aromatic N) is 2. The number of rotatable bonds is 2. The normalized spacial score (nSPS) is 11.5. The Balaban J connectivity index is 2.62. The number of hydrogen-bond donors (Lipinski definition) is 1. The lowest BCUT2D eigenvalue weighted by Crippen LogP contribution is -2.27. The minimum absolute atomic E-state index is 0.170. The van der Waals surface area contributed by atoms with Crippen LogP contribution < -0.4 is 5.32 Å². The molecule has 3 nitrogen and oxygen atoms in total. The van der Waals surface area contributed by atoms with Gasteiger partial charge in [-0.15, -0.1) is 0 Å². The van der Waals surface area contributed by atoms with Gasteiger partial charge in [-0.05, 0) is 44.5 Å². The zero-order valence-electron chi connectivity index (χ0n) is 11.3. The van der Waals surface area contributed by atoms with Gasteiger partial charge in [-0.1, -0.05) is 29.3 Å². The molecule has 0 spiro atoms. The highest BCUT2D eigenvalue weighted by molar-refractivity contribution is 6.39. The average molecular weight is 331 g/mol. The number of benzene rings is 1. The summed E-state index contributed by atoms with van der Waals surface area (Å²) >= 11 is 18.4. The first-order chi connectivity index (χ1) is 9.28. The summed E-state index contributed by atoms with van der Waals surface area (Å²) in [6.45, 7) is 6.09. The first-order valence-electron chi connectivity index (χ1n) is 6.03. The van der Waals surface area contributed by atoms with Crippen LogP contribution in [0.3, 0.4) is 0 Å². The van der Waals surface area contributed by atoms with Gasteiger partial charge in [0, 0.05) is 22.9 Å². The van der Waals surface area contributed by atoms with Gasteiger partial charge in [0.1, 0.15) is 5.82 Å². The average Bonchev–Trinajstić information content (AvgIpc) is 2.29. The van der Waals surface area contributed by atoms with E-state index in [9.17, 15) is 0 Å². The van der Waals surface area contributed by atoms with E-state index in [1.54, 1.807) is 24.4 Å². The molecule has 1 aromatic heterocycles. The standard InChI is InChI=1S/C14H14Cl3N3/c1-14(2,3)20-12-8(7-18-13(17)19-12)11-9(15)5-4-6-10(11)16/h4-7H,1-3H3,(H,18,19,20). The fourth-order valence-electron chi connectivity index (χ4n) is 1.75. The maximum absolute atomic E-state index is 6.25. The summed E-state index contributed by atoms with van der Waals surface area (Å²) in [5, 5.41) is 4.54. The van der Waals surface area contributed by atoms with Crippen molar-refractivity contribution in [3.63, 3.8) is 0 Å². The molecule has 0 amide bonds. The molecule has 1 N–H and O–H groups in total. The number of anilines is 1. The molecule has 0 saturated carbocycles. The number of hydrogen-bond acceptors (Lipinski definition) is 3. The second-order valence-electron chi connectivity index (χ2n) is 5.37. The molecule has 0 aliphatic carbocycles. The minimum atomic E-state index is -0.180. The van der Waals surface area contributed by atoms with Crippen molar-refractivity contribution in [3.8, 4) is 11.1 Å². The molecule has 0 unspecified atom stereocenters. The fourth-order valence-corrected chi connectivity index (χ4v) is 2.48. The molecule has 1 aromatic carbocycles. The number of aromatic nitrogens is 2. The van der Waals surface area contributed by atoms with E-state index in [1.165, 1.54) is 0 Å². The largest absolute Gasteiger partial charge is 0.365 e. The van der Waals surface area contributed by atoms with Crippen LogP contribution in [0, 0.1) is 0 Å². The van der Waals surface area contributed by atoms with Crippen LogP contribution in [0.25, 0.3) is 11.1 Å². The summed E-state index contributed by atoms with van der Waals surface area (Å²) in [4.78, 5) is 8.27. The molecular formula is C14H14Cl3N3. The molecule has 1 heterocycles. The number of halogens is 3. The van der Waals surface area contributed by atoms with E-state index in [-0.39, 0.29) is 10.8 Å². The maximum Gasteiger partial charge on any atom is 0.224 e. The van der Waals surface area contributed by atoms with Crippen molar-refractivity contribution in [3.05, 3.63) is 39.7 Å². The Labute approximate surface area is 133 Å². The van der Waals surface area contributed by atoms with Crippen molar-refractivity contribution in [2.24, 2.45) is 0 Å². The van der Waals surface area contributed by atoms with E-state index < -0.39 is 0 Å². The Morgan fingerprint density at radius 2 is 1.65 bits per heavy atom. The van der Waals surface area contributed by atoms with E-state index in [0.717, 1.165) is 5.56 Å². The fraction of sp³-hybridized carbons (Fsp3) is 0.286. The maximum atomic E-state index is 6.25. The predicted octanol–water partition coefficient (Wildman–Crippen LogP) is 5.31. The third-order valence-corrected chi connectivity index (χ3v) is 3.30. The molecule has 0 bridgehead atoms. The van der Waals surface area contributed by atoms with Gasteiger partial charge in [0.2, 0.25) is 5.28 Å². The molecule has 0 fully saturated rings. The Morgan fingerprint density at radius 3 is 2.20 bits per heavy atom. The van der Waals surface area contributed by atoms with Crippen LogP contribution in [0.4, 0.5) is 5.82 Å². The second kappa shape index (κ2) is 5.76. The van der Waals surface area contributed by atoms with Crippen molar-refractivity contribution in [2.75, 3.05) is 5.32 Å². The lowest BCUT2D eigenvalue weighted by atomic mass is 10.1. The van der Waals surface area contributed by atoms with Gasteiger partial charge in [0.15, 0.2) is 0 Å². The molecule has 2 rings (SSSR count). The Morgan fingerprint density at radius 1 is 1.05 bits per heavy atom. The van der Waals surface area contributed by atoms with E-state index in [0.29, 0.717) is 21.4 Å². The minimum Gasteiger partial charge on any atom is -0.365 e. The first-order valence-corrected chi connectivity index (χ1v) is 7.16. The zero-order valence-corrected chi connectivity index (χ0v) is 13.6. The van der Waals surface area contributed by atoms with Crippen LogP contribution in [0.15, 0.2) is 24.4 Å². The van der Waals surface area contributed by atoms with Crippen molar-refractivity contribution in [1.82, 2.24) is 9.97 Å². The van der Waals surface area contributed by atoms with Crippen molar-refractivity contribution in [1.29, 1.82) is 0 Å². The third kappa shape index (κ3) is 3.54. The second-order valence-corrected chi connectivity index (χ2v) is 6.53. The third-order valence-electron chi connectivity index (χ3n) is 2.48. The predicted molar refractivity (Wildman–Crippen MR) is 85.9 cm³/mol. The number of nitrogens with one attached hydrogen (secondary N) is 1. The zero-order chi connectivity index (χ0) is 14.9. The lowest BCUT2D eigenvalue weighted by Gasteiger charge is -2.23. The molecule has 106 valence electrons. The quantitative estimate of drug-likeness (QED) is 0.758. The highest BCUT2D eigenvalue weighted by Crippen LogP contribution is 2.38. The summed E-state index contributed by atoms with van der Waals surface area (Å²) < 4.78 is 0. The molecule has 6 heteroatoms. The molecule has 20 heavy (non-hydrogen) atoms. The van der Waals surface area contributed by atoms with E-state index in [1.807, 2.05) is 20.8 Å². The van der Waals surface area contributed by atoms with Crippen molar-refractivity contribution in [2.45, 2.75) is 26.3 Å². The van der Waals surface area contributed by atoms with Crippen LogP contribution in [-0.2, 0) is 0 Å². The Bertz CT molecular complexity index is 616. The smallest absolute Gasteiger partial charge is 0.224 e. The van der Waals surface area contributed by atoms with Gasteiger partial charge in [-0.2, -0.15) is 0 Å². The summed E-state index contributed by atoms with van der Waals surface area (Å²) in [6.07, 6.45) is 1.62. The highest BCUT2D eigenvalue weighted by atomic mass is 35.5. The van der Waals surface area contributed by atoms with Crippen LogP contribution >= 0.6 is 34.8 Å². The highest BCUT2D eigenvalue weighted by Gasteiger charge is 2.18. The monoisotopic (exact) mass is 329 g/mol. The topological polar surface area (TPSA) is 37.8 Å². The van der Waals surface area contributed by atoms with Crippen molar-refractivity contribution >= 4 is 40.6 Å². The van der Waals surface area contributed by atoms with E-state index in [2.05, 4.69) is 15.3 Å². The van der Waals surface area contributed by atoms with Crippen LogP contribution in [0.2, 0.25) is 15.3 Å². The lowest BCUT2D eigenvalue weighted by molar-refractivity contribution is 0.630. The van der Waals surface area contributed by atoms with Crippen LogP contribution in [-0.4, -0.2) is 15.5 Å². The van der Waals surface area contributed by atoms with Gasteiger partial charge in [-0.3, -0.25) is 0 Å². The Kier molecular flexibility index (Phi) is 4.43. The van der Waals surface area contributed by atoms with Gasteiger partial charge in [0.25, 0.3) is 0 Å². The van der Waals surface area contributed by atoms with Gasteiger partial charge in [0.05, 0.1) is 10.0 Å². The van der Waals surface area contributed by atoms with E-state index >= 15 is 0 Å². The van der Waals surface area contributed by atoms with Gasteiger partial charge < -0.3 is 5.32 Å². The summed E-state index contributed by atoms with van der Waals surface area (Å²) in [5.74, 6) is 0.604. The SMILES string of the molecule is CC(C)(C)Nc1nc(Cl)ncc1-c1c(Cl)cccc1Cl. The van der Waals surface area contributed by atoms with Crippen LogP contribution in [0.1, 0.15) is 20.8 Å². The van der Waals surface area contributed by atoms with Gasteiger partial charge >= 0.3 is 0 Å². The summed E-state index contributed by atoms with van der Waals surface area (Å²) in [7, 11) is 0. The summed E-state index contributed by atoms with van der Waals surface area (Å²) in [5.41, 5.74) is 1.24.